The highest BCUT2D eigenvalue weighted by molar-refractivity contribution is 6.06. The van der Waals surface area contributed by atoms with Crippen LogP contribution in [-0.2, 0) is 0 Å². The van der Waals surface area contributed by atoms with E-state index in [9.17, 15) is 9.90 Å². The Morgan fingerprint density at radius 2 is 2.09 bits per heavy atom. The number of aromatic nitrogens is 1. The molecule has 0 spiro atoms. The number of anilines is 1. The molecule has 1 aliphatic rings. The number of allylic oxidation sites excluding steroid dienone is 1. The molecule has 1 heterocycles. The summed E-state index contributed by atoms with van der Waals surface area (Å²) in [5.74, 6) is 0.0241. The molecule has 0 aliphatic heterocycles. The Balaban J connectivity index is 1.68. The third-order valence-corrected chi connectivity index (χ3v) is 5.91. The van der Waals surface area contributed by atoms with Crippen LogP contribution in [0.5, 0.6) is 5.75 Å². The predicted molar refractivity (Wildman–Crippen MR) is 133 cm³/mol. The minimum absolute atomic E-state index is 0.00593. The van der Waals surface area contributed by atoms with Gasteiger partial charge in [-0.1, -0.05) is 25.0 Å². The topological polar surface area (TPSA) is 122 Å². The highest BCUT2D eigenvalue weighted by Gasteiger charge is 2.25. The van der Waals surface area contributed by atoms with E-state index in [1.807, 2.05) is 24.4 Å². The Bertz CT molecular complexity index is 1090. The first-order chi connectivity index (χ1) is 15.8. The van der Waals surface area contributed by atoms with E-state index in [2.05, 4.69) is 40.9 Å². The highest BCUT2D eigenvalue weighted by Crippen LogP contribution is 2.35. The number of nitrogens with one attached hydrogen (secondary N) is 1. The number of aromatic carboxylic acids is 1. The summed E-state index contributed by atoms with van der Waals surface area (Å²) in [6, 6.07) is 5.74. The van der Waals surface area contributed by atoms with Gasteiger partial charge in [0.15, 0.2) is 0 Å². The molecule has 1 aliphatic carbocycles. The number of guanidine groups is 1. The number of carbonyl (C=O) groups is 1. The van der Waals surface area contributed by atoms with Gasteiger partial charge in [-0.2, -0.15) is 0 Å². The fourth-order valence-electron chi connectivity index (χ4n) is 4.25. The maximum Gasteiger partial charge on any atom is 0.339 e. The van der Waals surface area contributed by atoms with Crippen LogP contribution >= 0.6 is 0 Å². The fourth-order valence-corrected chi connectivity index (χ4v) is 4.25. The largest absolute Gasteiger partial charge is 0.490 e. The number of nitrogen functional groups attached to an aromatic ring is 1. The summed E-state index contributed by atoms with van der Waals surface area (Å²) in [6.07, 6.45) is 7.43. The van der Waals surface area contributed by atoms with Gasteiger partial charge in [0.25, 0.3) is 0 Å². The minimum Gasteiger partial charge on any atom is -0.490 e. The highest BCUT2D eigenvalue weighted by atomic mass is 16.5. The number of fused-ring (bicyclic) bond motifs is 1. The number of carboxylic acid groups (broad SMARTS) is 1. The van der Waals surface area contributed by atoms with E-state index in [0.717, 1.165) is 38.5 Å². The molecule has 4 N–H and O–H groups in total. The number of benzene rings is 1. The van der Waals surface area contributed by atoms with Crippen molar-refractivity contribution in [2.45, 2.75) is 71.4 Å². The van der Waals surface area contributed by atoms with Crippen LogP contribution in [-0.4, -0.2) is 40.9 Å². The average Bonchev–Trinajstić information content (AvgIpc) is 2.77. The van der Waals surface area contributed by atoms with Gasteiger partial charge in [-0.05, 0) is 64.8 Å². The van der Waals surface area contributed by atoms with Gasteiger partial charge in [0.1, 0.15) is 11.3 Å². The number of carboxylic acids is 1. The molecule has 3 rings (SSSR count). The van der Waals surface area contributed by atoms with E-state index in [1.165, 1.54) is 5.57 Å². The van der Waals surface area contributed by atoms with Gasteiger partial charge >= 0.3 is 5.97 Å². The first kappa shape index (κ1) is 24.2. The van der Waals surface area contributed by atoms with Gasteiger partial charge in [0.05, 0.1) is 28.4 Å². The van der Waals surface area contributed by atoms with Crippen LogP contribution in [0.1, 0.15) is 68.4 Å². The average molecular weight is 452 g/mol. The van der Waals surface area contributed by atoms with E-state index >= 15 is 0 Å². The van der Waals surface area contributed by atoms with Crippen molar-refractivity contribution >= 4 is 35.2 Å². The second-order valence-corrected chi connectivity index (χ2v) is 8.51. The number of ether oxygens (including phenoxy) is 1. The Kier molecular flexibility index (Phi) is 8.03. The summed E-state index contributed by atoms with van der Waals surface area (Å²) in [7, 11) is 0. The van der Waals surface area contributed by atoms with Gasteiger partial charge < -0.3 is 20.9 Å². The zero-order valence-corrected chi connectivity index (χ0v) is 19.6. The van der Waals surface area contributed by atoms with E-state index < -0.39 is 5.97 Å². The van der Waals surface area contributed by atoms with Crippen molar-refractivity contribution in [2.75, 3.05) is 5.73 Å². The van der Waals surface area contributed by atoms with Crippen molar-refractivity contribution in [2.24, 2.45) is 9.98 Å². The minimum atomic E-state index is -1.09. The van der Waals surface area contributed by atoms with Gasteiger partial charge in [0.2, 0.25) is 5.96 Å². The van der Waals surface area contributed by atoms with Gasteiger partial charge in [0, 0.05) is 12.2 Å². The third-order valence-electron chi connectivity index (χ3n) is 5.91. The van der Waals surface area contributed by atoms with Gasteiger partial charge in [-0.15, -0.1) is 0 Å². The van der Waals surface area contributed by atoms with E-state index in [0.29, 0.717) is 28.3 Å². The Morgan fingerprint density at radius 1 is 1.36 bits per heavy atom. The lowest BCUT2D eigenvalue weighted by molar-refractivity contribution is 0.0697. The molecule has 0 bridgehead atoms. The lowest BCUT2D eigenvalue weighted by Gasteiger charge is -2.30. The maximum atomic E-state index is 11.7. The van der Waals surface area contributed by atoms with Crippen LogP contribution in [0.15, 0.2) is 40.0 Å². The van der Waals surface area contributed by atoms with Crippen LogP contribution < -0.4 is 15.8 Å². The molecule has 0 unspecified atom stereocenters. The maximum absolute atomic E-state index is 11.7. The van der Waals surface area contributed by atoms with Crippen LogP contribution in [0.3, 0.4) is 0 Å². The number of hydrogen-bond acceptors (Lipinski definition) is 5. The lowest BCUT2D eigenvalue weighted by atomic mass is 9.93. The number of pyridine rings is 1. The Labute approximate surface area is 194 Å². The molecule has 8 heteroatoms. The summed E-state index contributed by atoms with van der Waals surface area (Å²) in [5.41, 5.74) is 8.70. The number of rotatable bonds is 7. The molecule has 0 amide bonds. The molecule has 2 aromatic rings. The summed E-state index contributed by atoms with van der Waals surface area (Å²) < 4.78 is 6.29. The normalized spacial score (nSPS) is 19.4. The second-order valence-electron chi connectivity index (χ2n) is 8.51. The van der Waals surface area contributed by atoms with Crippen molar-refractivity contribution in [3.8, 4) is 5.75 Å². The van der Waals surface area contributed by atoms with Crippen LogP contribution in [0, 0.1) is 6.92 Å². The van der Waals surface area contributed by atoms with Crippen molar-refractivity contribution in [3.63, 3.8) is 0 Å². The molecule has 0 saturated heterocycles. The van der Waals surface area contributed by atoms with Gasteiger partial charge in [-0.3, -0.25) is 4.98 Å². The summed E-state index contributed by atoms with van der Waals surface area (Å²) in [4.78, 5) is 24.5. The first-order valence-corrected chi connectivity index (χ1v) is 11.4. The number of aryl methyl sites for hydroxylation is 1. The molecule has 8 nitrogen and oxygen atoms in total. The smallest absolute Gasteiger partial charge is 0.339 e. The van der Waals surface area contributed by atoms with E-state index in [1.54, 1.807) is 6.92 Å². The van der Waals surface area contributed by atoms with Crippen molar-refractivity contribution in [3.05, 3.63) is 41.2 Å². The van der Waals surface area contributed by atoms with Crippen LogP contribution in [0.25, 0.3) is 10.9 Å². The Morgan fingerprint density at radius 3 is 2.73 bits per heavy atom. The SMILES string of the molecule is C=N/C(=N\C=C(/C)CCC)N[C@H]1CC[C@H](Oc2cccc3nc(C)c(C(=O)O)c(N)c23)CC1. The van der Waals surface area contributed by atoms with Crippen molar-refractivity contribution < 1.29 is 14.6 Å². The first-order valence-electron chi connectivity index (χ1n) is 11.4. The number of nitrogens with two attached hydrogens (primary N) is 1. The second kappa shape index (κ2) is 10.9. The molecule has 0 radical (unpaired) electrons. The molecule has 176 valence electrons. The van der Waals surface area contributed by atoms with E-state index in [4.69, 9.17) is 10.5 Å². The lowest BCUT2D eigenvalue weighted by Crippen LogP contribution is -2.39. The molecule has 1 fully saturated rings. The molecular weight excluding hydrogens is 418 g/mol. The van der Waals surface area contributed by atoms with Crippen molar-refractivity contribution in [1.29, 1.82) is 0 Å². The molecule has 33 heavy (non-hydrogen) atoms. The van der Waals surface area contributed by atoms with Gasteiger partial charge in [-0.25, -0.2) is 14.8 Å². The van der Waals surface area contributed by atoms with E-state index in [-0.39, 0.29) is 23.4 Å². The third kappa shape index (κ3) is 5.88. The molecular formula is C25H33N5O3. The molecule has 1 aromatic carbocycles. The summed E-state index contributed by atoms with van der Waals surface area (Å²) >= 11 is 0. The zero-order valence-electron chi connectivity index (χ0n) is 19.6. The molecule has 1 saturated carbocycles. The standard InChI is InChI=1S/C25H33N5O3/c1-5-7-15(2)14-28-25(27-4)30-17-10-12-18(13-11-17)33-20-9-6-8-19-22(20)23(26)21(24(31)32)16(3)29-19/h6,8-9,14,17-18H,4-5,7,10-13H2,1-3H3,(H2,26,29)(H,28,30)(H,31,32)/b15-14+/t17-,18-. The predicted octanol–water partition coefficient (Wildman–Crippen LogP) is 4.86. The van der Waals surface area contributed by atoms with Crippen LogP contribution in [0.4, 0.5) is 5.69 Å². The summed E-state index contributed by atoms with van der Waals surface area (Å²) in [5, 5.41) is 13.5. The Hall–Kier alpha value is -3.42. The fraction of sp³-hybridized carbons (Fsp3) is 0.440. The molecule has 1 aromatic heterocycles. The number of nitrogens with zero attached hydrogens (tertiary/aromatic N) is 3. The monoisotopic (exact) mass is 451 g/mol. The number of hydrogen-bond donors (Lipinski definition) is 3. The quantitative estimate of drug-likeness (QED) is 0.408. The van der Waals surface area contributed by atoms with Crippen LogP contribution in [0.2, 0.25) is 0 Å². The molecule has 0 atom stereocenters. The summed E-state index contributed by atoms with van der Waals surface area (Å²) in [6.45, 7) is 9.48. The zero-order chi connectivity index (χ0) is 24.0. The number of aliphatic imine (C=N–C) groups is 2. The van der Waals surface area contributed by atoms with Crippen molar-refractivity contribution in [1.82, 2.24) is 10.3 Å².